The normalized spacial score (nSPS) is 12.2. The quantitative estimate of drug-likeness (QED) is 0.812. The number of rotatable bonds is 5. The Labute approximate surface area is 99.8 Å². The Balaban J connectivity index is 3.18. The lowest BCUT2D eigenvalue weighted by molar-refractivity contribution is -0.116. The van der Waals surface area contributed by atoms with Gasteiger partial charge in [-0.3, -0.25) is 4.79 Å². The summed E-state index contributed by atoms with van der Waals surface area (Å²) in [6, 6.07) is 4.49. The molecule has 0 saturated heterocycles. The van der Waals surface area contributed by atoms with Crippen molar-refractivity contribution < 1.29 is 14.3 Å². The molecule has 4 nitrogen and oxygen atoms in total. The van der Waals surface area contributed by atoms with Gasteiger partial charge in [0.05, 0.1) is 12.6 Å². The molecular weight excluding hydrogens is 223 g/mol. The van der Waals surface area contributed by atoms with Crippen LogP contribution in [0, 0.1) is 5.82 Å². The van der Waals surface area contributed by atoms with Crippen molar-refractivity contribution >= 4 is 11.6 Å². The maximum absolute atomic E-state index is 13.6. The van der Waals surface area contributed by atoms with Gasteiger partial charge in [-0.1, -0.05) is 6.07 Å². The number of likely N-dealkylation sites (N-methyl/N-ethyl adjacent to an activating group) is 1. The smallest absolute Gasteiger partial charge is 0.236 e. The van der Waals surface area contributed by atoms with E-state index in [4.69, 9.17) is 5.73 Å². The van der Waals surface area contributed by atoms with Gasteiger partial charge in [-0.25, -0.2) is 4.39 Å². The summed E-state index contributed by atoms with van der Waals surface area (Å²) in [7, 11) is 0. The third-order valence-electron chi connectivity index (χ3n) is 2.52. The van der Waals surface area contributed by atoms with Crippen molar-refractivity contribution in [1.82, 2.24) is 0 Å². The van der Waals surface area contributed by atoms with Gasteiger partial charge >= 0.3 is 0 Å². The second kappa shape index (κ2) is 5.63. The molecule has 1 aromatic rings. The second-order valence-electron chi connectivity index (χ2n) is 3.83. The van der Waals surface area contributed by atoms with Gasteiger partial charge in [0.1, 0.15) is 5.82 Å². The minimum Gasteiger partial charge on any atom is -0.389 e. The Bertz CT molecular complexity index is 407. The first kappa shape index (κ1) is 13.4. The zero-order valence-corrected chi connectivity index (χ0v) is 9.98. The van der Waals surface area contributed by atoms with Crippen LogP contribution in [0.4, 0.5) is 10.1 Å². The summed E-state index contributed by atoms with van der Waals surface area (Å²) in [5, 5.41) is 9.58. The van der Waals surface area contributed by atoms with Crippen LogP contribution in [0.2, 0.25) is 0 Å². The van der Waals surface area contributed by atoms with E-state index >= 15 is 0 Å². The highest BCUT2D eigenvalue weighted by Crippen LogP contribution is 2.28. The topological polar surface area (TPSA) is 66.6 Å². The lowest BCUT2D eigenvalue weighted by Gasteiger charge is -2.25. The third kappa shape index (κ3) is 3.17. The molecule has 0 aromatic heterocycles. The SMILES string of the molecule is CCN(CC(N)=O)c1cccc(F)c1[C@H](C)O. The molecule has 1 aromatic carbocycles. The van der Waals surface area contributed by atoms with Crippen molar-refractivity contribution in [2.75, 3.05) is 18.0 Å². The van der Waals surface area contributed by atoms with Crippen LogP contribution in [0.15, 0.2) is 18.2 Å². The average molecular weight is 240 g/mol. The van der Waals surface area contributed by atoms with Gasteiger partial charge in [-0.05, 0) is 26.0 Å². The summed E-state index contributed by atoms with van der Waals surface area (Å²) in [5.74, 6) is -0.979. The highest BCUT2D eigenvalue weighted by atomic mass is 19.1. The maximum atomic E-state index is 13.6. The molecule has 0 bridgehead atoms. The first-order valence-electron chi connectivity index (χ1n) is 5.47. The summed E-state index contributed by atoms with van der Waals surface area (Å²) in [6.07, 6.45) is -0.937. The van der Waals surface area contributed by atoms with Gasteiger partial charge in [0, 0.05) is 17.8 Å². The Morgan fingerprint density at radius 2 is 2.24 bits per heavy atom. The van der Waals surface area contributed by atoms with E-state index in [2.05, 4.69) is 0 Å². The van der Waals surface area contributed by atoms with E-state index in [1.54, 1.807) is 17.0 Å². The zero-order chi connectivity index (χ0) is 13.0. The number of hydrogen-bond acceptors (Lipinski definition) is 3. The Hall–Kier alpha value is -1.62. The number of aliphatic hydroxyl groups is 1. The average Bonchev–Trinajstić information content (AvgIpc) is 2.24. The Morgan fingerprint density at radius 1 is 1.59 bits per heavy atom. The fraction of sp³-hybridized carbons (Fsp3) is 0.417. The van der Waals surface area contributed by atoms with Gasteiger partial charge in [0.2, 0.25) is 5.91 Å². The molecule has 0 aliphatic heterocycles. The molecule has 0 fully saturated rings. The van der Waals surface area contributed by atoms with Crippen molar-refractivity contribution in [3.63, 3.8) is 0 Å². The van der Waals surface area contributed by atoms with E-state index in [-0.39, 0.29) is 12.1 Å². The van der Waals surface area contributed by atoms with Crippen LogP contribution in [-0.2, 0) is 4.79 Å². The molecule has 1 rings (SSSR count). The number of halogens is 1. The highest BCUT2D eigenvalue weighted by molar-refractivity contribution is 5.80. The number of primary amides is 1. The number of carbonyl (C=O) groups excluding carboxylic acids is 1. The molecule has 17 heavy (non-hydrogen) atoms. The number of hydrogen-bond donors (Lipinski definition) is 2. The van der Waals surface area contributed by atoms with E-state index in [9.17, 15) is 14.3 Å². The van der Waals surface area contributed by atoms with E-state index in [1.165, 1.54) is 13.0 Å². The van der Waals surface area contributed by atoms with Crippen LogP contribution in [0.5, 0.6) is 0 Å². The van der Waals surface area contributed by atoms with Crippen molar-refractivity contribution in [2.45, 2.75) is 20.0 Å². The van der Waals surface area contributed by atoms with E-state index in [0.29, 0.717) is 12.2 Å². The first-order chi connectivity index (χ1) is 7.97. The number of nitrogens with zero attached hydrogens (tertiary/aromatic N) is 1. The maximum Gasteiger partial charge on any atom is 0.236 e. The molecule has 3 N–H and O–H groups in total. The first-order valence-corrected chi connectivity index (χ1v) is 5.47. The fourth-order valence-corrected chi connectivity index (χ4v) is 1.77. The second-order valence-corrected chi connectivity index (χ2v) is 3.83. The number of anilines is 1. The van der Waals surface area contributed by atoms with Gasteiger partial charge in [-0.2, -0.15) is 0 Å². The Morgan fingerprint density at radius 3 is 2.71 bits per heavy atom. The van der Waals surface area contributed by atoms with Gasteiger partial charge in [0.15, 0.2) is 0 Å². The van der Waals surface area contributed by atoms with Crippen molar-refractivity contribution in [3.8, 4) is 0 Å². The molecule has 0 radical (unpaired) electrons. The van der Waals surface area contributed by atoms with Crippen LogP contribution >= 0.6 is 0 Å². The van der Waals surface area contributed by atoms with Crippen molar-refractivity contribution in [3.05, 3.63) is 29.6 Å². The third-order valence-corrected chi connectivity index (χ3v) is 2.52. The van der Waals surface area contributed by atoms with Crippen LogP contribution in [0.3, 0.4) is 0 Å². The number of carbonyl (C=O) groups is 1. The van der Waals surface area contributed by atoms with Crippen LogP contribution in [0.1, 0.15) is 25.5 Å². The summed E-state index contributed by atoms with van der Waals surface area (Å²) >= 11 is 0. The largest absolute Gasteiger partial charge is 0.389 e. The summed E-state index contributed by atoms with van der Waals surface area (Å²) in [4.78, 5) is 12.6. The molecule has 0 spiro atoms. The van der Waals surface area contributed by atoms with Crippen molar-refractivity contribution in [1.29, 1.82) is 0 Å². The number of benzene rings is 1. The molecule has 5 heteroatoms. The number of nitrogens with two attached hydrogens (primary N) is 1. The zero-order valence-electron chi connectivity index (χ0n) is 9.98. The van der Waals surface area contributed by atoms with E-state index in [1.807, 2.05) is 6.92 Å². The molecule has 0 unspecified atom stereocenters. The fourth-order valence-electron chi connectivity index (χ4n) is 1.77. The molecule has 0 heterocycles. The van der Waals surface area contributed by atoms with Crippen molar-refractivity contribution in [2.24, 2.45) is 5.73 Å². The van der Waals surface area contributed by atoms with Gasteiger partial charge in [0.25, 0.3) is 0 Å². The lowest BCUT2D eigenvalue weighted by atomic mass is 10.1. The number of aliphatic hydroxyl groups excluding tert-OH is 1. The molecular formula is C12H17FN2O2. The minimum atomic E-state index is -0.937. The minimum absolute atomic E-state index is 0.000324. The van der Waals surface area contributed by atoms with Crippen LogP contribution in [0.25, 0.3) is 0 Å². The van der Waals surface area contributed by atoms with Gasteiger partial charge in [-0.15, -0.1) is 0 Å². The molecule has 94 valence electrons. The highest BCUT2D eigenvalue weighted by Gasteiger charge is 2.18. The lowest BCUT2D eigenvalue weighted by Crippen LogP contribution is -2.34. The van der Waals surface area contributed by atoms with Gasteiger partial charge < -0.3 is 15.7 Å². The molecule has 1 atom stereocenters. The predicted molar refractivity (Wildman–Crippen MR) is 64.1 cm³/mol. The predicted octanol–water partition coefficient (Wildman–Crippen LogP) is 1.19. The van der Waals surface area contributed by atoms with E-state index in [0.717, 1.165) is 0 Å². The number of amides is 1. The van der Waals surface area contributed by atoms with Crippen LogP contribution < -0.4 is 10.6 Å². The monoisotopic (exact) mass is 240 g/mol. The molecule has 0 aliphatic carbocycles. The van der Waals surface area contributed by atoms with Crippen LogP contribution in [-0.4, -0.2) is 24.1 Å². The summed E-state index contributed by atoms with van der Waals surface area (Å²) < 4.78 is 13.6. The molecule has 1 amide bonds. The molecule has 0 saturated carbocycles. The summed E-state index contributed by atoms with van der Waals surface area (Å²) in [6.45, 7) is 3.82. The molecule has 0 aliphatic rings. The summed E-state index contributed by atoms with van der Waals surface area (Å²) in [5.41, 5.74) is 5.83. The Kier molecular flexibility index (Phi) is 4.45. The standard InChI is InChI=1S/C12H17FN2O2/c1-3-15(7-11(14)17)10-6-4-5-9(13)12(10)8(2)16/h4-6,8,16H,3,7H2,1-2H3,(H2,14,17)/t8-/m0/s1. The van der Waals surface area contributed by atoms with E-state index < -0.39 is 17.8 Å².